The number of benzene rings is 2. The zero-order valence-electron chi connectivity index (χ0n) is 16.4. The predicted molar refractivity (Wildman–Crippen MR) is 113 cm³/mol. The molecular weight excluding hydrogens is 382 g/mol. The normalized spacial score (nSPS) is 16.2. The second-order valence-electron chi connectivity index (χ2n) is 7.39. The topological polar surface area (TPSA) is 95.2 Å². The Kier molecular flexibility index (Phi) is 4.31. The average Bonchev–Trinajstić information content (AvgIpc) is 3.15. The van der Waals surface area contributed by atoms with Gasteiger partial charge >= 0.3 is 0 Å². The molecule has 3 heterocycles. The number of carbonyl (C=O) groups is 2. The molecule has 0 radical (unpaired) electrons. The van der Waals surface area contributed by atoms with Crippen LogP contribution >= 0.6 is 0 Å². The van der Waals surface area contributed by atoms with Gasteiger partial charge in [0.15, 0.2) is 0 Å². The van der Waals surface area contributed by atoms with Gasteiger partial charge in [0.25, 0.3) is 11.8 Å². The molecule has 0 fully saturated rings. The number of hydrogen-bond acceptors (Lipinski definition) is 3. The van der Waals surface area contributed by atoms with Crippen LogP contribution in [0.4, 0.5) is 5.69 Å². The number of aromatic amines is 2. The molecule has 5 rings (SSSR count). The molecule has 8 nitrogen and oxygen atoms in total. The van der Waals surface area contributed by atoms with E-state index in [0.717, 1.165) is 16.5 Å². The number of hydrogen-bond donors (Lipinski definition) is 3. The van der Waals surface area contributed by atoms with Gasteiger partial charge < -0.3 is 19.9 Å². The van der Waals surface area contributed by atoms with Gasteiger partial charge in [-0.3, -0.25) is 19.4 Å². The van der Waals surface area contributed by atoms with E-state index in [1.165, 1.54) is 4.90 Å². The number of amides is 2. The van der Waals surface area contributed by atoms with Crippen LogP contribution in [0.25, 0.3) is 10.9 Å². The van der Waals surface area contributed by atoms with Gasteiger partial charge in [0.1, 0.15) is 24.1 Å². The van der Waals surface area contributed by atoms with Gasteiger partial charge in [0.2, 0.25) is 0 Å². The lowest BCUT2D eigenvalue weighted by Gasteiger charge is -2.21. The molecule has 8 heteroatoms. The minimum absolute atomic E-state index is 0.0646. The summed E-state index contributed by atoms with van der Waals surface area (Å²) in [5.74, 6) is 0.0401. The summed E-state index contributed by atoms with van der Waals surface area (Å²) in [6, 6.07) is 14.9. The summed E-state index contributed by atoms with van der Waals surface area (Å²) in [6.07, 6.45) is 3.57. The van der Waals surface area contributed by atoms with Crippen LogP contribution in [0.5, 0.6) is 5.75 Å². The van der Waals surface area contributed by atoms with Crippen LogP contribution in [0.3, 0.4) is 0 Å². The Balaban J connectivity index is 1.28. The highest BCUT2D eigenvalue weighted by Gasteiger charge is 2.31. The largest absolute Gasteiger partial charge is 0.489 e. The molecule has 2 amide bonds. The molecule has 0 saturated heterocycles. The Morgan fingerprint density at radius 2 is 2.03 bits per heavy atom. The summed E-state index contributed by atoms with van der Waals surface area (Å²) in [4.78, 5) is 30.2. The fourth-order valence-corrected chi connectivity index (χ4v) is 3.66. The molecule has 1 atom stereocenters. The Labute approximate surface area is 172 Å². The minimum atomic E-state index is -0.779. The molecule has 2 aromatic carbocycles. The van der Waals surface area contributed by atoms with Crippen LogP contribution < -0.4 is 15.0 Å². The first-order valence-electron chi connectivity index (χ1n) is 9.70. The first-order chi connectivity index (χ1) is 14.6. The third-order valence-corrected chi connectivity index (χ3v) is 5.32. The molecule has 0 bridgehead atoms. The maximum atomic E-state index is 12.9. The molecule has 152 valence electrons. The second-order valence-corrected chi connectivity index (χ2v) is 7.39. The van der Waals surface area contributed by atoms with Gasteiger partial charge in [-0.1, -0.05) is 30.3 Å². The van der Waals surface area contributed by atoms with Crippen LogP contribution in [-0.4, -0.2) is 46.3 Å². The molecule has 0 spiro atoms. The number of likely N-dealkylation sites (N-methyl/N-ethyl adjacent to an activating group) is 1. The highest BCUT2D eigenvalue weighted by Crippen LogP contribution is 2.34. The van der Waals surface area contributed by atoms with Crippen molar-refractivity contribution < 1.29 is 14.3 Å². The van der Waals surface area contributed by atoms with Crippen LogP contribution in [-0.2, 0) is 11.3 Å². The SMILES string of the molecule is CN1C(=O)[C@@H](NC(=O)c2cn(Cc3ccccc3)[nH]2)COc2cc3[nH]ccc3cc21. The van der Waals surface area contributed by atoms with Gasteiger partial charge in [-0.15, -0.1) is 0 Å². The van der Waals surface area contributed by atoms with E-state index in [0.29, 0.717) is 23.7 Å². The lowest BCUT2D eigenvalue weighted by Crippen LogP contribution is -2.50. The first kappa shape index (κ1) is 18.1. The molecule has 3 N–H and O–H groups in total. The molecule has 1 aliphatic rings. The molecule has 4 aromatic rings. The lowest BCUT2D eigenvalue weighted by molar-refractivity contribution is -0.120. The monoisotopic (exact) mass is 403 g/mol. The van der Waals surface area contributed by atoms with Gasteiger partial charge in [0, 0.05) is 30.2 Å². The summed E-state index contributed by atoms with van der Waals surface area (Å²) in [5.41, 5.74) is 3.15. The number of anilines is 1. The van der Waals surface area contributed by atoms with Crippen molar-refractivity contribution in [3.8, 4) is 5.75 Å². The first-order valence-corrected chi connectivity index (χ1v) is 9.70. The van der Waals surface area contributed by atoms with Crippen molar-refractivity contribution in [2.45, 2.75) is 12.6 Å². The van der Waals surface area contributed by atoms with Crippen molar-refractivity contribution in [2.75, 3.05) is 18.6 Å². The smallest absolute Gasteiger partial charge is 0.271 e. The number of H-pyrrole nitrogens is 2. The van der Waals surface area contributed by atoms with Gasteiger partial charge in [0.05, 0.1) is 18.4 Å². The number of nitrogens with one attached hydrogen (secondary N) is 3. The Hall–Kier alpha value is -3.94. The predicted octanol–water partition coefficient (Wildman–Crippen LogP) is 2.50. The minimum Gasteiger partial charge on any atom is -0.489 e. The summed E-state index contributed by atoms with van der Waals surface area (Å²) < 4.78 is 7.68. The van der Waals surface area contributed by atoms with Crippen molar-refractivity contribution >= 4 is 28.4 Å². The molecule has 0 saturated carbocycles. The lowest BCUT2D eigenvalue weighted by atomic mass is 10.2. The van der Waals surface area contributed by atoms with Crippen LogP contribution in [0, 0.1) is 0 Å². The molecule has 1 aliphatic heterocycles. The van der Waals surface area contributed by atoms with Crippen molar-refractivity contribution in [1.29, 1.82) is 0 Å². The third-order valence-electron chi connectivity index (χ3n) is 5.32. The van der Waals surface area contributed by atoms with E-state index in [-0.39, 0.29) is 18.4 Å². The number of fused-ring (bicyclic) bond motifs is 2. The van der Waals surface area contributed by atoms with E-state index < -0.39 is 6.04 Å². The highest BCUT2D eigenvalue weighted by molar-refractivity contribution is 6.04. The van der Waals surface area contributed by atoms with Crippen molar-refractivity contribution in [1.82, 2.24) is 20.1 Å². The van der Waals surface area contributed by atoms with Crippen molar-refractivity contribution in [3.63, 3.8) is 0 Å². The fourth-order valence-electron chi connectivity index (χ4n) is 3.66. The van der Waals surface area contributed by atoms with E-state index in [9.17, 15) is 9.59 Å². The standard InChI is InChI=1S/C22H21N5O3/c1-26-19-9-15-7-8-23-16(15)10-20(19)30-13-18(22(26)29)24-21(28)17-12-27(25-17)11-14-5-3-2-4-6-14/h2-10,12,18,23,25H,11,13H2,1H3,(H,24,28)/t18-/m0/s1. The van der Waals surface area contributed by atoms with E-state index in [1.807, 2.05) is 59.4 Å². The van der Waals surface area contributed by atoms with Crippen molar-refractivity contribution in [2.24, 2.45) is 0 Å². The Morgan fingerprint density at radius 1 is 1.23 bits per heavy atom. The van der Waals surface area contributed by atoms with E-state index in [4.69, 9.17) is 4.74 Å². The third kappa shape index (κ3) is 3.22. The zero-order chi connectivity index (χ0) is 20.7. The summed E-state index contributed by atoms with van der Waals surface area (Å²) in [7, 11) is 1.69. The number of rotatable bonds is 4. The van der Waals surface area contributed by atoms with E-state index in [1.54, 1.807) is 13.2 Å². The van der Waals surface area contributed by atoms with Crippen molar-refractivity contribution in [3.05, 3.63) is 72.2 Å². The van der Waals surface area contributed by atoms with Crippen LogP contribution in [0.1, 0.15) is 16.1 Å². The highest BCUT2D eigenvalue weighted by atomic mass is 16.5. The van der Waals surface area contributed by atoms with E-state index >= 15 is 0 Å². The number of nitrogens with zero attached hydrogens (tertiary/aromatic N) is 2. The number of aromatic nitrogens is 3. The zero-order valence-corrected chi connectivity index (χ0v) is 16.4. The number of ether oxygens (including phenoxy) is 1. The summed E-state index contributed by atoms with van der Waals surface area (Å²) in [6.45, 7) is 0.712. The van der Waals surface area contributed by atoms with Gasteiger partial charge in [-0.25, -0.2) is 0 Å². The maximum absolute atomic E-state index is 12.9. The van der Waals surface area contributed by atoms with Crippen LogP contribution in [0.2, 0.25) is 0 Å². The van der Waals surface area contributed by atoms with Gasteiger partial charge in [-0.05, 0) is 17.7 Å². The van der Waals surface area contributed by atoms with E-state index in [2.05, 4.69) is 15.4 Å². The van der Waals surface area contributed by atoms with Crippen LogP contribution in [0.15, 0.2) is 60.9 Å². The fraction of sp³-hybridized carbons (Fsp3) is 0.182. The molecule has 2 aromatic heterocycles. The average molecular weight is 403 g/mol. The Morgan fingerprint density at radius 3 is 2.83 bits per heavy atom. The summed E-state index contributed by atoms with van der Waals surface area (Å²) in [5, 5.41) is 6.77. The maximum Gasteiger partial charge on any atom is 0.271 e. The quantitative estimate of drug-likeness (QED) is 0.489. The van der Waals surface area contributed by atoms with Gasteiger partial charge in [-0.2, -0.15) is 0 Å². The second kappa shape index (κ2) is 7.14. The Bertz CT molecular complexity index is 1210. The number of carbonyl (C=O) groups excluding carboxylic acids is 2. The summed E-state index contributed by atoms with van der Waals surface area (Å²) >= 11 is 0. The molecule has 30 heavy (non-hydrogen) atoms. The molecule has 0 unspecified atom stereocenters. The molecular formula is C22H21N5O3. The molecule has 0 aliphatic carbocycles.